The highest BCUT2D eigenvalue weighted by atomic mass is 35.5. The van der Waals surface area contributed by atoms with Gasteiger partial charge in [-0.3, -0.25) is 4.79 Å². The summed E-state index contributed by atoms with van der Waals surface area (Å²) in [5, 5.41) is 10.4. The van der Waals surface area contributed by atoms with Gasteiger partial charge in [0.05, 0.1) is 6.61 Å². The van der Waals surface area contributed by atoms with E-state index >= 15 is 0 Å². The zero-order valence-electron chi connectivity index (χ0n) is 14.2. The summed E-state index contributed by atoms with van der Waals surface area (Å²) in [6.45, 7) is 0.796. The molecule has 0 radical (unpaired) electrons. The van der Waals surface area contributed by atoms with Crippen LogP contribution < -0.4 is 4.74 Å². The van der Waals surface area contributed by atoms with E-state index in [-0.39, 0.29) is 18.3 Å². The van der Waals surface area contributed by atoms with Crippen LogP contribution >= 0.6 is 11.6 Å². The van der Waals surface area contributed by atoms with Crippen molar-refractivity contribution in [1.82, 2.24) is 0 Å². The third-order valence-electron chi connectivity index (χ3n) is 4.59. The predicted octanol–water partition coefficient (Wildman–Crippen LogP) is 4.02. The van der Waals surface area contributed by atoms with E-state index in [9.17, 15) is 9.90 Å². The summed E-state index contributed by atoms with van der Waals surface area (Å²) in [5.74, 6) is 1.05. The molecule has 2 aromatic carbocycles. The van der Waals surface area contributed by atoms with Gasteiger partial charge in [0.15, 0.2) is 0 Å². The number of benzene rings is 2. The van der Waals surface area contributed by atoms with Crippen LogP contribution in [-0.4, -0.2) is 24.1 Å². The molecule has 132 valence electrons. The molecule has 1 atom stereocenters. The molecule has 0 spiro atoms. The molecule has 0 fully saturated rings. The summed E-state index contributed by atoms with van der Waals surface area (Å²) < 4.78 is 5.64. The minimum Gasteiger partial charge on any atom is -0.493 e. The average molecular weight is 359 g/mol. The van der Waals surface area contributed by atoms with Crippen molar-refractivity contribution in [1.29, 1.82) is 0 Å². The highest BCUT2D eigenvalue weighted by Crippen LogP contribution is 2.27. The molecule has 0 saturated heterocycles. The quantitative estimate of drug-likeness (QED) is 0.813. The molecule has 1 heterocycles. The van der Waals surface area contributed by atoms with Crippen molar-refractivity contribution in [3.8, 4) is 5.75 Å². The van der Waals surface area contributed by atoms with E-state index in [4.69, 9.17) is 16.3 Å². The topological polar surface area (TPSA) is 46.5 Å². The van der Waals surface area contributed by atoms with Crippen molar-refractivity contribution in [2.45, 2.75) is 32.1 Å². The fraction of sp³-hybridized carbons (Fsp3) is 0.381. The number of aliphatic hydroxyl groups is 1. The Hall–Kier alpha value is -1.84. The van der Waals surface area contributed by atoms with Crippen LogP contribution in [0.4, 0.5) is 0 Å². The number of rotatable bonds is 7. The lowest BCUT2D eigenvalue weighted by Gasteiger charge is -2.19. The molecule has 0 aliphatic carbocycles. The van der Waals surface area contributed by atoms with E-state index in [0.717, 1.165) is 36.3 Å². The number of hydrogen-bond acceptors (Lipinski definition) is 3. The van der Waals surface area contributed by atoms with Crippen molar-refractivity contribution >= 4 is 17.4 Å². The normalized spacial score (nSPS) is 14.5. The lowest BCUT2D eigenvalue weighted by molar-refractivity contribution is -0.119. The average Bonchev–Trinajstić information content (AvgIpc) is 2.63. The molecule has 2 aromatic rings. The molecule has 1 aliphatic heterocycles. The zero-order valence-corrected chi connectivity index (χ0v) is 15.0. The maximum absolute atomic E-state index is 12.3. The molecule has 0 amide bonds. The number of carbonyl (C=O) groups is 1. The van der Waals surface area contributed by atoms with Crippen LogP contribution in [0.15, 0.2) is 42.5 Å². The molecule has 4 heteroatoms. The Morgan fingerprint density at radius 2 is 1.92 bits per heavy atom. The standard InChI is InChI=1S/C21H23ClO3/c22-19-6-3-15(4-7-19)12-20(24)13-17(14-23)10-16-5-8-21-18(11-16)2-1-9-25-21/h3-8,11,17,23H,1-2,9-10,12-14H2. The van der Waals surface area contributed by atoms with Crippen molar-refractivity contribution in [3.05, 3.63) is 64.2 Å². The molecule has 1 unspecified atom stereocenters. The SMILES string of the molecule is O=C(Cc1ccc(Cl)cc1)CC(CO)Cc1ccc2c(c1)CCCO2. The molecule has 1 aliphatic rings. The van der Waals surface area contributed by atoms with E-state index < -0.39 is 0 Å². The minimum absolute atomic E-state index is 0.0138. The number of aliphatic hydroxyl groups excluding tert-OH is 1. The van der Waals surface area contributed by atoms with Gasteiger partial charge in [-0.1, -0.05) is 35.9 Å². The van der Waals surface area contributed by atoms with E-state index in [1.807, 2.05) is 24.3 Å². The zero-order chi connectivity index (χ0) is 17.6. The number of ketones is 1. The number of hydrogen-bond donors (Lipinski definition) is 1. The second-order valence-corrected chi connectivity index (χ2v) is 7.13. The molecular formula is C21H23ClO3. The second-order valence-electron chi connectivity index (χ2n) is 6.69. The van der Waals surface area contributed by atoms with Crippen LogP contribution in [0.3, 0.4) is 0 Å². The van der Waals surface area contributed by atoms with E-state index in [1.54, 1.807) is 12.1 Å². The van der Waals surface area contributed by atoms with Gasteiger partial charge in [-0.2, -0.15) is 0 Å². The van der Waals surface area contributed by atoms with Crippen molar-refractivity contribution < 1.29 is 14.6 Å². The number of Topliss-reactive ketones (excluding diaryl/α,β-unsaturated/α-hetero) is 1. The van der Waals surface area contributed by atoms with Gasteiger partial charge >= 0.3 is 0 Å². The summed E-state index contributed by atoms with van der Waals surface area (Å²) in [7, 11) is 0. The first-order valence-corrected chi connectivity index (χ1v) is 9.13. The smallest absolute Gasteiger partial charge is 0.137 e. The molecule has 0 saturated carbocycles. The Bertz CT molecular complexity index is 724. The van der Waals surface area contributed by atoms with Crippen LogP contribution in [0.25, 0.3) is 0 Å². The molecule has 0 aromatic heterocycles. The minimum atomic E-state index is -0.0534. The summed E-state index contributed by atoms with van der Waals surface area (Å²) in [6.07, 6.45) is 3.54. The first-order chi connectivity index (χ1) is 12.1. The fourth-order valence-corrected chi connectivity index (χ4v) is 3.43. The molecule has 3 nitrogen and oxygen atoms in total. The van der Waals surface area contributed by atoms with Crippen LogP contribution in [0.1, 0.15) is 29.5 Å². The third kappa shape index (κ3) is 5.07. The van der Waals surface area contributed by atoms with Gasteiger partial charge in [-0.05, 0) is 60.1 Å². The number of aryl methyl sites for hydroxylation is 1. The Morgan fingerprint density at radius 1 is 1.16 bits per heavy atom. The Labute approximate surface area is 153 Å². The molecule has 3 rings (SSSR count). The van der Waals surface area contributed by atoms with Crippen molar-refractivity contribution in [2.24, 2.45) is 5.92 Å². The van der Waals surface area contributed by atoms with Crippen LogP contribution in [-0.2, 0) is 24.1 Å². The maximum Gasteiger partial charge on any atom is 0.137 e. The number of ether oxygens (including phenoxy) is 1. The Morgan fingerprint density at radius 3 is 2.68 bits per heavy atom. The monoisotopic (exact) mass is 358 g/mol. The van der Waals surface area contributed by atoms with Gasteiger partial charge in [0.2, 0.25) is 0 Å². The van der Waals surface area contributed by atoms with Crippen LogP contribution in [0.2, 0.25) is 5.02 Å². The summed E-state index contributed by atoms with van der Waals surface area (Å²) in [5.41, 5.74) is 3.34. The van der Waals surface area contributed by atoms with E-state index in [0.29, 0.717) is 24.3 Å². The molecule has 25 heavy (non-hydrogen) atoms. The van der Waals surface area contributed by atoms with Gasteiger partial charge < -0.3 is 9.84 Å². The highest BCUT2D eigenvalue weighted by Gasteiger charge is 2.16. The predicted molar refractivity (Wildman–Crippen MR) is 99.3 cm³/mol. The molecular weight excluding hydrogens is 336 g/mol. The van der Waals surface area contributed by atoms with Crippen LogP contribution in [0.5, 0.6) is 5.75 Å². The number of halogens is 1. The highest BCUT2D eigenvalue weighted by molar-refractivity contribution is 6.30. The first-order valence-electron chi connectivity index (χ1n) is 8.75. The lowest BCUT2D eigenvalue weighted by Crippen LogP contribution is -2.17. The number of fused-ring (bicyclic) bond motifs is 1. The second kappa shape index (κ2) is 8.50. The number of carbonyl (C=O) groups excluding carboxylic acids is 1. The summed E-state index contributed by atoms with van der Waals surface area (Å²) in [4.78, 5) is 12.3. The van der Waals surface area contributed by atoms with Gasteiger partial charge in [-0.25, -0.2) is 0 Å². The lowest BCUT2D eigenvalue weighted by atomic mass is 9.91. The van der Waals surface area contributed by atoms with Crippen molar-refractivity contribution in [3.63, 3.8) is 0 Å². The van der Waals surface area contributed by atoms with Gasteiger partial charge in [0, 0.05) is 24.5 Å². The van der Waals surface area contributed by atoms with Gasteiger partial charge in [-0.15, -0.1) is 0 Å². The first kappa shape index (κ1) is 18.0. The fourth-order valence-electron chi connectivity index (χ4n) is 3.30. The van der Waals surface area contributed by atoms with Crippen molar-refractivity contribution in [2.75, 3.05) is 13.2 Å². The van der Waals surface area contributed by atoms with Crippen LogP contribution in [0, 0.1) is 5.92 Å². The molecule has 1 N–H and O–H groups in total. The van der Waals surface area contributed by atoms with Gasteiger partial charge in [0.25, 0.3) is 0 Å². The van der Waals surface area contributed by atoms with E-state index in [1.165, 1.54) is 5.56 Å². The maximum atomic E-state index is 12.3. The third-order valence-corrected chi connectivity index (χ3v) is 4.84. The summed E-state index contributed by atoms with van der Waals surface area (Å²) in [6, 6.07) is 13.5. The molecule has 0 bridgehead atoms. The van der Waals surface area contributed by atoms with Gasteiger partial charge in [0.1, 0.15) is 11.5 Å². The summed E-state index contributed by atoms with van der Waals surface area (Å²) >= 11 is 5.87. The Balaban J connectivity index is 1.58. The van der Waals surface area contributed by atoms with E-state index in [2.05, 4.69) is 6.07 Å². The Kier molecular flexibility index (Phi) is 6.11. The largest absolute Gasteiger partial charge is 0.493 e.